The molecule has 3 aromatic carbocycles. The van der Waals surface area contributed by atoms with Crippen LogP contribution >= 0.6 is 22.9 Å². The largest absolute Gasteiger partial charge is 0.308 e. The van der Waals surface area contributed by atoms with E-state index < -0.39 is 15.8 Å². The van der Waals surface area contributed by atoms with Gasteiger partial charge in [-0.25, -0.2) is 17.8 Å². The number of nitrogens with one attached hydrogen (secondary N) is 1. The van der Waals surface area contributed by atoms with Crippen LogP contribution in [0.5, 0.6) is 0 Å². The molecule has 11 heteroatoms. The highest BCUT2D eigenvalue weighted by Crippen LogP contribution is 2.33. The number of aromatic nitrogens is 1. The highest BCUT2D eigenvalue weighted by atomic mass is 35.5. The standard InChI is InChI=1S/C25H24ClFN4O3S2/c1-16-14-18(26)15-22-23(16)28-25(35-22)31(13-12-30(2)3)24(32)17-4-8-20(9-5-17)29-36(33,34)21-10-6-19(27)7-11-21/h4-11,14-15,29H,12-13H2,1-3H3. The Bertz CT molecular complexity index is 1510. The van der Waals surface area contributed by atoms with Crippen molar-refractivity contribution in [2.24, 2.45) is 0 Å². The van der Waals surface area contributed by atoms with Crippen molar-refractivity contribution in [3.63, 3.8) is 0 Å². The molecule has 0 bridgehead atoms. The number of nitrogens with zero attached hydrogens (tertiary/aromatic N) is 3. The molecule has 0 atom stereocenters. The van der Waals surface area contributed by atoms with E-state index in [1.807, 2.05) is 38.1 Å². The number of carbonyl (C=O) groups excluding carboxylic acids is 1. The fraction of sp³-hybridized carbons (Fsp3) is 0.200. The van der Waals surface area contributed by atoms with Gasteiger partial charge in [-0.1, -0.05) is 22.9 Å². The van der Waals surface area contributed by atoms with Crippen LogP contribution in [0.2, 0.25) is 5.02 Å². The van der Waals surface area contributed by atoms with Gasteiger partial charge in [-0.15, -0.1) is 0 Å². The summed E-state index contributed by atoms with van der Waals surface area (Å²) in [7, 11) is -0.0526. The number of anilines is 2. The maximum absolute atomic E-state index is 13.5. The molecule has 0 spiro atoms. The molecule has 4 rings (SSSR count). The van der Waals surface area contributed by atoms with Gasteiger partial charge in [-0.3, -0.25) is 14.4 Å². The minimum atomic E-state index is -3.90. The smallest absolute Gasteiger partial charge is 0.261 e. The van der Waals surface area contributed by atoms with E-state index in [2.05, 4.69) is 4.72 Å². The van der Waals surface area contributed by atoms with E-state index in [1.54, 1.807) is 17.0 Å². The zero-order valence-electron chi connectivity index (χ0n) is 19.8. The molecule has 0 saturated heterocycles. The summed E-state index contributed by atoms with van der Waals surface area (Å²) in [6.07, 6.45) is 0. The fourth-order valence-electron chi connectivity index (χ4n) is 3.51. The number of halogens is 2. The minimum Gasteiger partial charge on any atom is -0.308 e. The van der Waals surface area contributed by atoms with Crippen LogP contribution in [0.3, 0.4) is 0 Å². The topological polar surface area (TPSA) is 82.6 Å². The zero-order valence-corrected chi connectivity index (χ0v) is 22.2. The van der Waals surface area contributed by atoms with E-state index in [-0.39, 0.29) is 16.5 Å². The molecule has 7 nitrogen and oxygen atoms in total. The number of rotatable bonds is 8. The van der Waals surface area contributed by atoms with Crippen LogP contribution in [-0.4, -0.2) is 51.4 Å². The fourth-order valence-corrected chi connectivity index (χ4v) is 6.01. The van der Waals surface area contributed by atoms with Crippen molar-refractivity contribution >= 4 is 59.9 Å². The SMILES string of the molecule is Cc1cc(Cl)cc2sc(N(CCN(C)C)C(=O)c3ccc(NS(=O)(=O)c4ccc(F)cc4)cc3)nc12. The number of fused-ring (bicyclic) bond motifs is 1. The van der Waals surface area contributed by atoms with Gasteiger partial charge < -0.3 is 4.90 Å². The zero-order chi connectivity index (χ0) is 26.0. The molecule has 36 heavy (non-hydrogen) atoms. The van der Waals surface area contributed by atoms with Crippen molar-refractivity contribution in [1.82, 2.24) is 9.88 Å². The molecule has 0 aliphatic carbocycles. The number of benzene rings is 3. The molecule has 1 N–H and O–H groups in total. The third kappa shape index (κ3) is 5.84. The molecule has 1 aromatic heterocycles. The van der Waals surface area contributed by atoms with Crippen LogP contribution in [-0.2, 0) is 10.0 Å². The number of sulfonamides is 1. The molecule has 0 aliphatic rings. The second kappa shape index (κ2) is 10.5. The highest BCUT2D eigenvalue weighted by Gasteiger charge is 2.22. The van der Waals surface area contributed by atoms with Crippen molar-refractivity contribution in [2.75, 3.05) is 36.8 Å². The molecule has 0 unspecified atom stereocenters. The van der Waals surface area contributed by atoms with Gasteiger partial charge in [-0.05, 0) is 87.2 Å². The van der Waals surface area contributed by atoms with Gasteiger partial charge in [0.1, 0.15) is 5.82 Å². The Morgan fingerprint density at radius 2 is 1.72 bits per heavy atom. The summed E-state index contributed by atoms with van der Waals surface area (Å²) in [6.45, 7) is 2.96. The second-order valence-corrected chi connectivity index (χ2v) is 11.6. The van der Waals surface area contributed by atoms with E-state index in [9.17, 15) is 17.6 Å². The van der Waals surface area contributed by atoms with Gasteiger partial charge in [0, 0.05) is 29.4 Å². The van der Waals surface area contributed by atoms with Crippen LogP contribution < -0.4 is 9.62 Å². The van der Waals surface area contributed by atoms with E-state index in [1.165, 1.54) is 35.6 Å². The average molecular weight is 547 g/mol. The van der Waals surface area contributed by atoms with Gasteiger partial charge >= 0.3 is 0 Å². The number of amides is 1. The summed E-state index contributed by atoms with van der Waals surface area (Å²) in [6, 6.07) is 14.3. The monoisotopic (exact) mass is 546 g/mol. The van der Waals surface area contributed by atoms with Gasteiger partial charge in [0.2, 0.25) is 0 Å². The first kappa shape index (κ1) is 26.0. The van der Waals surface area contributed by atoms with Crippen LogP contribution in [0.15, 0.2) is 65.6 Å². The second-order valence-electron chi connectivity index (χ2n) is 8.46. The van der Waals surface area contributed by atoms with Crippen LogP contribution in [0.4, 0.5) is 15.2 Å². The maximum Gasteiger partial charge on any atom is 0.261 e. The van der Waals surface area contributed by atoms with Gasteiger partial charge in [0.15, 0.2) is 5.13 Å². The maximum atomic E-state index is 13.5. The van der Waals surface area contributed by atoms with Gasteiger partial charge in [-0.2, -0.15) is 0 Å². The predicted octanol–water partition coefficient (Wildman–Crippen LogP) is 5.41. The third-order valence-corrected chi connectivity index (χ3v) is 8.03. The number of likely N-dealkylation sites (N-methyl/N-ethyl adjacent to an activating group) is 1. The van der Waals surface area contributed by atoms with E-state index >= 15 is 0 Å². The van der Waals surface area contributed by atoms with Crippen molar-refractivity contribution in [3.05, 3.63) is 82.6 Å². The highest BCUT2D eigenvalue weighted by molar-refractivity contribution is 7.92. The lowest BCUT2D eigenvalue weighted by Crippen LogP contribution is -2.36. The molecule has 0 aliphatic heterocycles. The Kier molecular flexibility index (Phi) is 7.60. The molecule has 0 fully saturated rings. The summed E-state index contributed by atoms with van der Waals surface area (Å²) in [5.74, 6) is -0.783. The lowest BCUT2D eigenvalue weighted by Gasteiger charge is -2.22. The number of thiazole rings is 1. The average Bonchev–Trinajstić information content (AvgIpc) is 3.23. The van der Waals surface area contributed by atoms with E-state index in [4.69, 9.17) is 16.6 Å². The summed E-state index contributed by atoms with van der Waals surface area (Å²) >= 11 is 7.60. The van der Waals surface area contributed by atoms with E-state index in [0.717, 1.165) is 27.9 Å². The summed E-state index contributed by atoms with van der Waals surface area (Å²) in [5.41, 5.74) is 2.39. The number of aryl methyl sites for hydroxylation is 1. The molecule has 1 amide bonds. The first-order valence-corrected chi connectivity index (χ1v) is 13.6. The molecule has 1 heterocycles. The Morgan fingerprint density at radius 1 is 1.06 bits per heavy atom. The Morgan fingerprint density at radius 3 is 2.36 bits per heavy atom. The first-order valence-electron chi connectivity index (χ1n) is 11.0. The Labute approximate surface area is 218 Å². The molecular formula is C25H24ClFN4O3S2. The quantitative estimate of drug-likeness (QED) is 0.320. The van der Waals surface area contributed by atoms with Crippen LogP contribution in [0, 0.1) is 12.7 Å². The lowest BCUT2D eigenvalue weighted by molar-refractivity contribution is 0.0985. The molecule has 0 saturated carbocycles. The number of hydrogen-bond acceptors (Lipinski definition) is 6. The van der Waals surface area contributed by atoms with Crippen molar-refractivity contribution < 1.29 is 17.6 Å². The summed E-state index contributed by atoms with van der Waals surface area (Å²) in [5, 5.41) is 1.17. The minimum absolute atomic E-state index is 0.0647. The summed E-state index contributed by atoms with van der Waals surface area (Å²) < 4.78 is 41.6. The normalized spacial score (nSPS) is 11.7. The predicted molar refractivity (Wildman–Crippen MR) is 143 cm³/mol. The van der Waals surface area contributed by atoms with Crippen LogP contribution in [0.25, 0.3) is 10.2 Å². The van der Waals surface area contributed by atoms with Crippen molar-refractivity contribution in [2.45, 2.75) is 11.8 Å². The van der Waals surface area contributed by atoms with Crippen molar-refractivity contribution in [1.29, 1.82) is 0 Å². The third-order valence-electron chi connectivity index (χ3n) is 5.39. The Balaban J connectivity index is 1.59. The Hall–Kier alpha value is -3.05. The molecular weight excluding hydrogens is 523 g/mol. The first-order chi connectivity index (χ1) is 17.0. The lowest BCUT2D eigenvalue weighted by atomic mass is 10.2. The van der Waals surface area contributed by atoms with E-state index in [0.29, 0.717) is 28.8 Å². The molecule has 4 aromatic rings. The molecule has 188 valence electrons. The molecule has 0 radical (unpaired) electrons. The number of hydrogen-bond donors (Lipinski definition) is 1. The van der Waals surface area contributed by atoms with Gasteiger partial charge in [0.25, 0.3) is 15.9 Å². The summed E-state index contributed by atoms with van der Waals surface area (Å²) in [4.78, 5) is 21.8. The number of carbonyl (C=O) groups is 1. The van der Waals surface area contributed by atoms with Crippen LogP contribution in [0.1, 0.15) is 15.9 Å². The van der Waals surface area contributed by atoms with Crippen molar-refractivity contribution in [3.8, 4) is 0 Å². The van der Waals surface area contributed by atoms with Gasteiger partial charge in [0.05, 0.1) is 15.1 Å².